The zero-order valence-corrected chi connectivity index (χ0v) is 17.5. The van der Waals surface area contributed by atoms with Crippen LogP contribution in [0.1, 0.15) is 74.0 Å². The summed E-state index contributed by atoms with van der Waals surface area (Å²) in [5, 5.41) is 0.361. The summed E-state index contributed by atoms with van der Waals surface area (Å²) in [5.74, 6) is -4.84. The molecule has 1 saturated carbocycles. The van der Waals surface area contributed by atoms with Gasteiger partial charge >= 0.3 is 0 Å². The zero-order valence-electron chi connectivity index (χ0n) is 17.5. The van der Waals surface area contributed by atoms with Crippen LogP contribution in [0.4, 0.5) is 22.0 Å². The Morgan fingerprint density at radius 3 is 2.03 bits per heavy atom. The van der Waals surface area contributed by atoms with Gasteiger partial charge in [-0.25, -0.2) is 22.0 Å². The first-order chi connectivity index (χ1) is 14.9. The van der Waals surface area contributed by atoms with Gasteiger partial charge in [0.2, 0.25) is 0 Å². The summed E-state index contributed by atoms with van der Waals surface area (Å²) < 4.78 is 70.4. The van der Waals surface area contributed by atoms with E-state index in [4.69, 9.17) is 0 Å². The minimum atomic E-state index is -1.47. The van der Waals surface area contributed by atoms with Crippen molar-refractivity contribution < 1.29 is 22.0 Å². The fourth-order valence-corrected chi connectivity index (χ4v) is 4.84. The first-order valence-electron chi connectivity index (χ1n) is 10.9. The molecular weight excluding hydrogens is 407 g/mol. The van der Waals surface area contributed by atoms with E-state index in [0.717, 1.165) is 37.3 Å². The molecule has 0 spiro atoms. The minimum absolute atomic E-state index is 0.0450. The first kappa shape index (κ1) is 21.8. The number of rotatable bonds is 5. The number of hydrogen-bond donors (Lipinski definition) is 0. The third-order valence-corrected chi connectivity index (χ3v) is 6.56. The first-order valence-corrected chi connectivity index (χ1v) is 10.9. The van der Waals surface area contributed by atoms with Crippen LogP contribution < -0.4 is 0 Å². The van der Waals surface area contributed by atoms with Crippen LogP contribution in [0.2, 0.25) is 0 Å². The number of fused-ring (bicyclic) bond motifs is 1. The standard InChI is InChI=1S/C26H25F5/c1-2-3-4-15-11-21(27)24(22(28)12-15)17-7-5-16(6-8-17)18-9-10-20-19(13-18)14-23(29)26(31)25(20)30/h9-14,16-17H,2-8H2,1H3. The molecule has 0 atom stereocenters. The molecule has 0 N–H and O–H groups in total. The van der Waals surface area contributed by atoms with Gasteiger partial charge in [-0.1, -0.05) is 31.5 Å². The fourth-order valence-electron chi connectivity index (χ4n) is 4.84. The smallest absolute Gasteiger partial charge is 0.195 e. The lowest BCUT2D eigenvalue weighted by atomic mass is 9.75. The minimum Gasteiger partial charge on any atom is -0.207 e. The average molecular weight is 432 g/mol. The summed E-state index contributed by atoms with van der Waals surface area (Å²) in [6, 6.07) is 8.83. The third-order valence-electron chi connectivity index (χ3n) is 6.56. The molecule has 0 unspecified atom stereocenters. The van der Waals surface area contributed by atoms with Gasteiger partial charge in [-0.2, -0.15) is 0 Å². The van der Waals surface area contributed by atoms with Crippen LogP contribution in [0.15, 0.2) is 36.4 Å². The van der Waals surface area contributed by atoms with Gasteiger partial charge in [0.25, 0.3) is 0 Å². The summed E-state index contributed by atoms with van der Waals surface area (Å²) in [5.41, 5.74) is 1.78. The fraction of sp³-hybridized carbons (Fsp3) is 0.385. The van der Waals surface area contributed by atoms with Crippen LogP contribution in [0, 0.1) is 29.1 Å². The number of unbranched alkanes of at least 4 members (excludes halogenated alkanes) is 1. The van der Waals surface area contributed by atoms with Crippen molar-refractivity contribution in [3.8, 4) is 0 Å². The highest BCUT2D eigenvalue weighted by Crippen LogP contribution is 2.42. The van der Waals surface area contributed by atoms with Crippen LogP contribution in [0.5, 0.6) is 0 Å². The maximum absolute atomic E-state index is 14.7. The number of hydrogen-bond acceptors (Lipinski definition) is 0. The lowest BCUT2D eigenvalue weighted by molar-refractivity contribution is 0.376. The van der Waals surface area contributed by atoms with Crippen LogP contribution in [0.3, 0.4) is 0 Å². The summed E-state index contributed by atoms with van der Waals surface area (Å²) >= 11 is 0. The van der Waals surface area contributed by atoms with Crippen molar-refractivity contribution in [1.82, 2.24) is 0 Å². The monoisotopic (exact) mass is 432 g/mol. The van der Waals surface area contributed by atoms with E-state index >= 15 is 0 Å². The van der Waals surface area contributed by atoms with Gasteiger partial charge in [0.05, 0.1) is 0 Å². The molecule has 0 aliphatic heterocycles. The molecule has 164 valence electrons. The Morgan fingerprint density at radius 1 is 0.742 bits per heavy atom. The highest BCUT2D eigenvalue weighted by molar-refractivity contribution is 5.84. The average Bonchev–Trinajstić information content (AvgIpc) is 2.76. The van der Waals surface area contributed by atoms with E-state index in [0.29, 0.717) is 30.2 Å². The third kappa shape index (κ3) is 4.32. The van der Waals surface area contributed by atoms with Crippen LogP contribution in [-0.2, 0) is 6.42 Å². The van der Waals surface area contributed by atoms with Crippen molar-refractivity contribution in [3.63, 3.8) is 0 Å². The van der Waals surface area contributed by atoms with E-state index in [9.17, 15) is 22.0 Å². The highest BCUT2D eigenvalue weighted by atomic mass is 19.2. The maximum Gasteiger partial charge on any atom is 0.195 e. The highest BCUT2D eigenvalue weighted by Gasteiger charge is 2.28. The van der Waals surface area contributed by atoms with Gasteiger partial charge in [0, 0.05) is 10.9 Å². The molecule has 0 aromatic heterocycles. The Morgan fingerprint density at radius 2 is 1.39 bits per heavy atom. The van der Waals surface area contributed by atoms with Gasteiger partial charge in [-0.15, -0.1) is 0 Å². The lowest BCUT2D eigenvalue weighted by Crippen LogP contribution is -2.15. The summed E-state index contributed by atoms with van der Waals surface area (Å²) in [4.78, 5) is 0. The molecule has 4 rings (SSSR count). The normalized spacial score (nSPS) is 19.2. The molecule has 0 amide bonds. The molecule has 3 aromatic rings. The second-order valence-corrected chi connectivity index (χ2v) is 8.59. The Balaban J connectivity index is 1.51. The summed E-state index contributed by atoms with van der Waals surface area (Å²) in [6.45, 7) is 2.04. The van der Waals surface area contributed by atoms with Crippen molar-refractivity contribution in [2.75, 3.05) is 0 Å². The van der Waals surface area contributed by atoms with Crippen molar-refractivity contribution in [2.24, 2.45) is 0 Å². The van der Waals surface area contributed by atoms with Gasteiger partial charge in [0.1, 0.15) is 11.6 Å². The molecule has 5 heteroatoms. The lowest BCUT2D eigenvalue weighted by Gasteiger charge is -2.30. The van der Waals surface area contributed by atoms with Crippen molar-refractivity contribution >= 4 is 10.8 Å². The van der Waals surface area contributed by atoms with Crippen LogP contribution in [0.25, 0.3) is 10.8 Å². The Labute approximate surface area is 179 Å². The summed E-state index contributed by atoms with van der Waals surface area (Å²) in [7, 11) is 0. The molecule has 0 radical (unpaired) electrons. The molecule has 0 heterocycles. The van der Waals surface area contributed by atoms with Gasteiger partial charge in [-0.05, 0) is 85.1 Å². The Bertz CT molecular complexity index is 1070. The molecule has 0 saturated heterocycles. The van der Waals surface area contributed by atoms with Crippen molar-refractivity contribution in [1.29, 1.82) is 0 Å². The van der Waals surface area contributed by atoms with Crippen molar-refractivity contribution in [2.45, 2.75) is 63.7 Å². The topological polar surface area (TPSA) is 0 Å². The predicted octanol–water partition coefficient (Wildman–Crippen LogP) is 8.32. The van der Waals surface area contributed by atoms with Gasteiger partial charge < -0.3 is 0 Å². The molecule has 31 heavy (non-hydrogen) atoms. The quantitative estimate of drug-likeness (QED) is 0.281. The number of benzene rings is 3. The summed E-state index contributed by atoms with van der Waals surface area (Å²) in [6.07, 6.45) is 5.25. The van der Waals surface area contributed by atoms with Crippen LogP contribution >= 0.6 is 0 Å². The Hall–Kier alpha value is -2.43. The second kappa shape index (κ2) is 8.97. The number of halogens is 5. The Kier molecular flexibility index (Phi) is 6.31. The molecule has 1 aliphatic rings. The predicted molar refractivity (Wildman–Crippen MR) is 113 cm³/mol. The number of aryl methyl sites for hydroxylation is 1. The molecular formula is C26H25F5. The molecule has 1 fully saturated rings. The largest absolute Gasteiger partial charge is 0.207 e. The SMILES string of the molecule is CCCCc1cc(F)c(C2CCC(c3ccc4c(F)c(F)c(F)cc4c3)CC2)c(F)c1. The molecule has 0 bridgehead atoms. The van der Waals surface area contributed by atoms with E-state index in [1.54, 1.807) is 12.1 Å². The zero-order chi connectivity index (χ0) is 22.1. The maximum atomic E-state index is 14.7. The van der Waals surface area contributed by atoms with E-state index in [-0.39, 0.29) is 22.8 Å². The molecule has 0 nitrogen and oxygen atoms in total. The molecule has 1 aliphatic carbocycles. The van der Waals surface area contributed by atoms with Gasteiger partial charge in [-0.3, -0.25) is 0 Å². The van der Waals surface area contributed by atoms with Gasteiger partial charge in [0.15, 0.2) is 17.5 Å². The van der Waals surface area contributed by atoms with E-state index in [1.165, 1.54) is 18.2 Å². The van der Waals surface area contributed by atoms with E-state index < -0.39 is 29.1 Å². The van der Waals surface area contributed by atoms with E-state index in [2.05, 4.69) is 0 Å². The van der Waals surface area contributed by atoms with Crippen molar-refractivity contribution in [3.05, 3.63) is 82.2 Å². The van der Waals surface area contributed by atoms with E-state index in [1.807, 2.05) is 6.92 Å². The molecule has 3 aromatic carbocycles. The second-order valence-electron chi connectivity index (χ2n) is 8.59. The van der Waals surface area contributed by atoms with Crippen LogP contribution in [-0.4, -0.2) is 0 Å².